The molecule has 7 heteroatoms. The van der Waals surface area contributed by atoms with Crippen LogP contribution in [-0.2, 0) is 22.5 Å². The van der Waals surface area contributed by atoms with Crippen molar-refractivity contribution in [3.8, 4) is 0 Å². The molecule has 1 unspecified atom stereocenters. The molecule has 1 fully saturated rings. The quantitative estimate of drug-likeness (QED) is 0.830. The van der Waals surface area contributed by atoms with Gasteiger partial charge in [-0.05, 0) is 30.7 Å². The molecule has 2 aliphatic heterocycles. The number of rotatable bonds is 3. The minimum atomic E-state index is -0.356. The number of esters is 1. The molecular formula is C14H18N2O3S2. The van der Waals surface area contributed by atoms with Gasteiger partial charge < -0.3 is 15.4 Å². The second kappa shape index (κ2) is 6.37. The van der Waals surface area contributed by atoms with Crippen LogP contribution in [0, 0.1) is 5.92 Å². The van der Waals surface area contributed by atoms with Crippen molar-refractivity contribution in [2.24, 2.45) is 5.92 Å². The van der Waals surface area contributed by atoms with Gasteiger partial charge in [0.1, 0.15) is 5.00 Å². The molecule has 3 heterocycles. The Kier molecular flexibility index (Phi) is 4.51. The standard InChI is InChI=1S/C14H18N2O3S2/c1-19-14(18)11-9-2-4-15-6-10(9)21-13(11)16-12(17)8-3-5-20-7-8/h8,15H,2-7H2,1H3,(H,16,17). The van der Waals surface area contributed by atoms with Crippen LogP contribution in [-0.4, -0.2) is 37.0 Å². The summed E-state index contributed by atoms with van der Waals surface area (Å²) in [5.74, 6) is 1.62. The number of carbonyl (C=O) groups is 2. The second-order valence-electron chi connectivity index (χ2n) is 5.18. The molecule has 0 aliphatic carbocycles. The van der Waals surface area contributed by atoms with Gasteiger partial charge in [0.2, 0.25) is 5.91 Å². The number of methoxy groups -OCH3 is 1. The topological polar surface area (TPSA) is 67.4 Å². The van der Waals surface area contributed by atoms with Gasteiger partial charge in [0.05, 0.1) is 12.7 Å². The molecule has 5 nitrogen and oxygen atoms in total. The van der Waals surface area contributed by atoms with E-state index >= 15 is 0 Å². The summed E-state index contributed by atoms with van der Waals surface area (Å²) >= 11 is 3.30. The monoisotopic (exact) mass is 326 g/mol. The zero-order chi connectivity index (χ0) is 14.8. The highest BCUT2D eigenvalue weighted by atomic mass is 32.2. The van der Waals surface area contributed by atoms with E-state index in [1.54, 1.807) is 11.8 Å². The van der Waals surface area contributed by atoms with Crippen LogP contribution in [0.3, 0.4) is 0 Å². The van der Waals surface area contributed by atoms with Crippen LogP contribution < -0.4 is 10.6 Å². The molecule has 0 saturated carbocycles. The summed E-state index contributed by atoms with van der Waals surface area (Å²) in [6.07, 6.45) is 1.71. The van der Waals surface area contributed by atoms with Gasteiger partial charge in [-0.25, -0.2) is 4.79 Å². The van der Waals surface area contributed by atoms with Crippen molar-refractivity contribution in [3.63, 3.8) is 0 Å². The number of amides is 1. The summed E-state index contributed by atoms with van der Waals surface area (Å²) in [4.78, 5) is 25.5. The number of hydrogen-bond donors (Lipinski definition) is 2. The highest BCUT2D eigenvalue weighted by molar-refractivity contribution is 7.99. The molecule has 1 amide bonds. The van der Waals surface area contributed by atoms with Crippen LogP contribution in [0.25, 0.3) is 0 Å². The van der Waals surface area contributed by atoms with Crippen LogP contribution in [0.5, 0.6) is 0 Å². The van der Waals surface area contributed by atoms with E-state index < -0.39 is 0 Å². The third-order valence-corrected chi connectivity index (χ3v) is 6.16. The van der Waals surface area contributed by atoms with Crippen molar-refractivity contribution in [2.75, 3.05) is 30.5 Å². The van der Waals surface area contributed by atoms with E-state index in [4.69, 9.17) is 4.74 Å². The minimum absolute atomic E-state index is 0.0247. The van der Waals surface area contributed by atoms with E-state index in [9.17, 15) is 9.59 Å². The molecule has 2 N–H and O–H groups in total. The molecule has 1 saturated heterocycles. The predicted octanol–water partition coefficient (Wildman–Crippen LogP) is 1.87. The van der Waals surface area contributed by atoms with Gasteiger partial charge in [-0.15, -0.1) is 11.3 Å². The Morgan fingerprint density at radius 1 is 1.43 bits per heavy atom. The smallest absolute Gasteiger partial charge is 0.341 e. The molecule has 3 rings (SSSR count). The molecule has 0 radical (unpaired) electrons. The summed E-state index contributed by atoms with van der Waals surface area (Å²) in [5.41, 5.74) is 1.58. The average Bonchev–Trinajstić information content (AvgIpc) is 3.13. The van der Waals surface area contributed by atoms with Crippen molar-refractivity contribution < 1.29 is 14.3 Å². The van der Waals surface area contributed by atoms with Gasteiger partial charge in [0, 0.05) is 23.1 Å². The minimum Gasteiger partial charge on any atom is -0.465 e. The molecule has 21 heavy (non-hydrogen) atoms. The Morgan fingerprint density at radius 2 is 2.29 bits per heavy atom. The summed E-state index contributed by atoms with van der Waals surface area (Å²) in [6.45, 7) is 1.60. The molecule has 1 aromatic heterocycles. The number of nitrogens with one attached hydrogen (secondary N) is 2. The van der Waals surface area contributed by atoms with E-state index in [-0.39, 0.29) is 17.8 Å². The first-order chi connectivity index (χ1) is 10.2. The van der Waals surface area contributed by atoms with Crippen LogP contribution in [0.1, 0.15) is 27.2 Å². The van der Waals surface area contributed by atoms with Gasteiger partial charge in [-0.3, -0.25) is 4.79 Å². The van der Waals surface area contributed by atoms with Crippen molar-refractivity contribution in [1.29, 1.82) is 0 Å². The number of hydrogen-bond acceptors (Lipinski definition) is 6. The average molecular weight is 326 g/mol. The van der Waals surface area contributed by atoms with Crippen LogP contribution in [0.15, 0.2) is 0 Å². The maximum Gasteiger partial charge on any atom is 0.341 e. The maximum atomic E-state index is 12.3. The fourth-order valence-corrected chi connectivity index (χ4v) is 5.12. The first kappa shape index (κ1) is 14.9. The van der Waals surface area contributed by atoms with Crippen molar-refractivity contribution in [1.82, 2.24) is 5.32 Å². The van der Waals surface area contributed by atoms with Crippen LogP contribution >= 0.6 is 23.1 Å². The molecule has 2 aliphatic rings. The SMILES string of the molecule is COC(=O)c1c(NC(=O)C2CCSC2)sc2c1CCNC2. The van der Waals surface area contributed by atoms with E-state index in [0.717, 1.165) is 47.9 Å². The molecule has 1 aromatic rings. The molecule has 1 atom stereocenters. The lowest BCUT2D eigenvalue weighted by Crippen LogP contribution is -2.24. The lowest BCUT2D eigenvalue weighted by molar-refractivity contribution is -0.119. The van der Waals surface area contributed by atoms with Gasteiger partial charge in [0.25, 0.3) is 0 Å². The van der Waals surface area contributed by atoms with Crippen molar-refractivity contribution >= 4 is 40.0 Å². The van der Waals surface area contributed by atoms with E-state index in [1.807, 2.05) is 0 Å². The summed E-state index contributed by atoms with van der Waals surface area (Å²) in [7, 11) is 1.38. The summed E-state index contributed by atoms with van der Waals surface area (Å²) in [5, 5.41) is 6.90. The maximum absolute atomic E-state index is 12.3. The van der Waals surface area contributed by atoms with Crippen LogP contribution in [0.4, 0.5) is 5.00 Å². The van der Waals surface area contributed by atoms with Crippen molar-refractivity contribution in [3.05, 3.63) is 16.0 Å². The third kappa shape index (κ3) is 2.95. The van der Waals surface area contributed by atoms with Crippen molar-refractivity contribution in [2.45, 2.75) is 19.4 Å². The highest BCUT2D eigenvalue weighted by Gasteiger charge is 2.29. The zero-order valence-electron chi connectivity index (χ0n) is 11.9. The number of thiophene rings is 1. The largest absolute Gasteiger partial charge is 0.465 e. The molecular weight excluding hydrogens is 308 g/mol. The first-order valence-corrected chi connectivity index (χ1v) is 9.00. The Hall–Kier alpha value is -1.05. The number of carbonyl (C=O) groups excluding carboxylic acids is 2. The number of anilines is 1. The second-order valence-corrected chi connectivity index (χ2v) is 7.43. The molecule has 114 valence electrons. The molecule has 0 bridgehead atoms. The fraction of sp³-hybridized carbons (Fsp3) is 0.571. The molecule has 0 aromatic carbocycles. The zero-order valence-corrected chi connectivity index (χ0v) is 13.5. The summed E-state index contributed by atoms with van der Waals surface area (Å²) < 4.78 is 4.90. The Balaban J connectivity index is 1.88. The van der Waals surface area contributed by atoms with Gasteiger partial charge >= 0.3 is 5.97 Å². The molecule has 0 spiro atoms. The number of ether oxygens (including phenoxy) is 1. The lowest BCUT2D eigenvalue weighted by Gasteiger charge is -2.13. The summed E-state index contributed by atoms with van der Waals surface area (Å²) in [6, 6.07) is 0. The van der Waals surface area contributed by atoms with Gasteiger partial charge in [0.15, 0.2) is 0 Å². The third-order valence-electron chi connectivity index (χ3n) is 3.85. The Bertz CT molecular complexity index is 565. The van der Waals surface area contributed by atoms with E-state index in [0.29, 0.717) is 10.6 Å². The lowest BCUT2D eigenvalue weighted by atomic mass is 10.0. The van der Waals surface area contributed by atoms with E-state index in [1.165, 1.54) is 18.4 Å². The van der Waals surface area contributed by atoms with Crippen LogP contribution in [0.2, 0.25) is 0 Å². The normalized spacial score (nSPS) is 20.9. The number of fused-ring (bicyclic) bond motifs is 1. The first-order valence-electron chi connectivity index (χ1n) is 7.03. The number of thioether (sulfide) groups is 1. The highest BCUT2D eigenvalue weighted by Crippen LogP contribution is 2.36. The van der Waals surface area contributed by atoms with E-state index in [2.05, 4.69) is 10.6 Å². The predicted molar refractivity (Wildman–Crippen MR) is 85.1 cm³/mol. The fourth-order valence-electron chi connectivity index (χ4n) is 2.70. The Morgan fingerprint density at radius 3 is 3.00 bits per heavy atom. The Labute approximate surface area is 131 Å². The van der Waals surface area contributed by atoms with Gasteiger partial charge in [-0.2, -0.15) is 11.8 Å². The van der Waals surface area contributed by atoms with Gasteiger partial charge in [-0.1, -0.05) is 0 Å².